The van der Waals surface area contributed by atoms with Crippen molar-refractivity contribution in [2.75, 3.05) is 0 Å². The smallest absolute Gasteiger partial charge is 0.157 e. The maximum absolute atomic E-state index is 9.97. The van der Waals surface area contributed by atoms with Gasteiger partial charge in [-0.15, -0.1) is 11.3 Å². The van der Waals surface area contributed by atoms with Gasteiger partial charge in [0.15, 0.2) is 11.5 Å². The van der Waals surface area contributed by atoms with E-state index in [0.29, 0.717) is 12.0 Å². The van der Waals surface area contributed by atoms with E-state index in [-0.39, 0.29) is 11.5 Å². The zero-order chi connectivity index (χ0) is 16.0. The summed E-state index contributed by atoms with van der Waals surface area (Å²) < 4.78 is 0. The van der Waals surface area contributed by atoms with Crippen molar-refractivity contribution in [1.82, 2.24) is 5.32 Å². The van der Waals surface area contributed by atoms with Gasteiger partial charge in [0.05, 0.1) is 0 Å². The first-order valence-electron chi connectivity index (χ1n) is 8.57. The quantitative estimate of drug-likeness (QED) is 0.745. The SMILES string of the molecule is CCCCc1cc2c(s1)[C@@H]1c3cc(O)c(O)cc3CC[C@H]1NC2. The Balaban J connectivity index is 1.77. The molecule has 0 spiro atoms. The van der Waals surface area contributed by atoms with Gasteiger partial charge in [0.1, 0.15) is 0 Å². The minimum absolute atomic E-state index is 0.000661. The first-order chi connectivity index (χ1) is 11.2. The van der Waals surface area contributed by atoms with E-state index in [0.717, 1.165) is 19.4 Å². The number of aromatic hydroxyl groups is 2. The molecule has 1 aliphatic carbocycles. The number of nitrogens with one attached hydrogen (secondary N) is 1. The lowest BCUT2D eigenvalue weighted by Gasteiger charge is -2.38. The molecule has 0 bridgehead atoms. The zero-order valence-electron chi connectivity index (χ0n) is 13.4. The summed E-state index contributed by atoms with van der Waals surface area (Å²) in [4.78, 5) is 2.94. The molecule has 2 aromatic rings. The summed E-state index contributed by atoms with van der Waals surface area (Å²) in [6.07, 6.45) is 5.68. The molecule has 4 rings (SSSR count). The average Bonchev–Trinajstić information content (AvgIpc) is 2.96. The number of fused-ring (bicyclic) bond motifs is 5. The van der Waals surface area contributed by atoms with Gasteiger partial charge >= 0.3 is 0 Å². The second-order valence-electron chi connectivity index (χ2n) is 6.75. The van der Waals surface area contributed by atoms with Crippen LogP contribution in [-0.2, 0) is 19.4 Å². The van der Waals surface area contributed by atoms with Gasteiger partial charge in [-0.1, -0.05) is 13.3 Å². The molecule has 0 amide bonds. The highest BCUT2D eigenvalue weighted by molar-refractivity contribution is 7.12. The molecule has 1 aliphatic heterocycles. The number of phenolic OH excluding ortho intramolecular Hbond substituents is 2. The highest BCUT2D eigenvalue weighted by Gasteiger charge is 2.36. The molecule has 122 valence electrons. The number of thiophene rings is 1. The van der Waals surface area contributed by atoms with Gasteiger partial charge in [-0.3, -0.25) is 0 Å². The fourth-order valence-electron chi connectivity index (χ4n) is 4.00. The van der Waals surface area contributed by atoms with Gasteiger partial charge in [0.2, 0.25) is 0 Å². The number of rotatable bonds is 3. The fraction of sp³-hybridized carbons (Fsp3) is 0.474. The predicted octanol–water partition coefficient (Wildman–Crippen LogP) is 4.05. The number of benzene rings is 1. The number of hydrogen-bond donors (Lipinski definition) is 3. The Hall–Kier alpha value is -1.52. The minimum Gasteiger partial charge on any atom is -0.504 e. The lowest BCUT2D eigenvalue weighted by atomic mass is 9.75. The van der Waals surface area contributed by atoms with Crippen molar-refractivity contribution in [3.8, 4) is 11.5 Å². The molecule has 0 fully saturated rings. The Morgan fingerprint density at radius 3 is 2.83 bits per heavy atom. The first kappa shape index (κ1) is 15.0. The van der Waals surface area contributed by atoms with Crippen LogP contribution < -0.4 is 5.32 Å². The van der Waals surface area contributed by atoms with Crippen LogP contribution in [0.4, 0.5) is 0 Å². The van der Waals surface area contributed by atoms with Crippen LogP contribution in [0.25, 0.3) is 0 Å². The van der Waals surface area contributed by atoms with Crippen LogP contribution in [0.15, 0.2) is 18.2 Å². The van der Waals surface area contributed by atoms with Crippen LogP contribution in [-0.4, -0.2) is 16.3 Å². The molecule has 3 nitrogen and oxygen atoms in total. The van der Waals surface area contributed by atoms with Crippen LogP contribution in [0.2, 0.25) is 0 Å². The second kappa shape index (κ2) is 5.84. The van der Waals surface area contributed by atoms with E-state index in [4.69, 9.17) is 0 Å². The average molecular weight is 329 g/mol. The summed E-state index contributed by atoms with van der Waals surface area (Å²) in [6, 6.07) is 6.34. The Morgan fingerprint density at radius 1 is 1.17 bits per heavy atom. The lowest BCUT2D eigenvalue weighted by Crippen LogP contribution is -2.41. The normalized spacial score (nSPS) is 22.3. The lowest BCUT2D eigenvalue weighted by molar-refractivity contribution is 0.383. The van der Waals surface area contributed by atoms with E-state index in [1.807, 2.05) is 11.3 Å². The molecule has 0 radical (unpaired) electrons. The highest BCUT2D eigenvalue weighted by Crippen LogP contribution is 2.46. The number of aryl methyl sites for hydroxylation is 2. The minimum atomic E-state index is -0.000661. The molecule has 1 aromatic heterocycles. The predicted molar refractivity (Wildman–Crippen MR) is 93.5 cm³/mol. The van der Waals surface area contributed by atoms with Gasteiger partial charge in [-0.05, 0) is 60.6 Å². The standard InChI is InChI=1S/C19H23NO2S/c1-2-3-4-13-7-12-10-20-15-6-5-11-8-16(21)17(22)9-14(11)18(15)19(12)23-13/h7-9,15,18,20-22H,2-6,10H2,1H3/t15-,18-/m1/s1. The van der Waals surface area contributed by atoms with Crippen LogP contribution in [0.5, 0.6) is 11.5 Å². The maximum atomic E-state index is 9.97. The van der Waals surface area contributed by atoms with E-state index in [1.54, 1.807) is 12.1 Å². The third kappa shape index (κ3) is 2.54. The molecule has 2 aliphatic rings. The van der Waals surface area contributed by atoms with Crippen molar-refractivity contribution in [3.05, 3.63) is 44.6 Å². The summed E-state index contributed by atoms with van der Waals surface area (Å²) in [5.41, 5.74) is 3.79. The van der Waals surface area contributed by atoms with Crippen molar-refractivity contribution in [2.45, 2.75) is 57.5 Å². The summed E-state index contributed by atoms with van der Waals surface area (Å²) in [6.45, 7) is 3.19. The molecule has 0 saturated heterocycles. The van der Waals surface area contributed by atoms with E-state index >= 15 is 0 Å². The molecular weight excluding hydrogens is 306 g/mol. The van der Waals surface area contributed by atoms with Gasteiger partial charge < -0.3 is 15.5 Å². The third-order valence-corrected chi connectivity index (χ3v) is 6.53. The van der Waals surface area contributed by atoms with E-state index < -0.39 is 0 Å². The van der Waals surface area contributed by atoms with E-state index in [9.17, 15) is 10.2 Å². The second-order valence-corrected chi connectivity index (χ2v) is 7.92. The van der Waals surface area contributed by atoms with Crippen LogP contribution >= 0.6 is 11.3 Å². The molecule has 1 aromatic carbocycles. The monoisotopic (exact) mass is 329 g/mol. The highest BCUT2D eigenvalue weighted by atomic mass is 32.1. The number of phenols is 2. The summed E-state index contributed by atoms with van der Waals surface area (Å²) in [5.74, 6) is 0.315. The fourth-order valence-corrected chi connectivity index (χ4v) is 5.41. The van der Waals surface area contributed by atoms with E-state index in [1.165, 1.54) is 45.7 Å². The van der Waals surface area contributed by atoms with Crippen LogP contribution in [0, 0.1) is 0 Å². The molecule has 0 unspecified atom stereocenters. The number of unbranched alkanes of at least 4 members (excludes halogenated alkanes) is 1. The maximum Gasteiger partial charge on any atom is 0.157 e. The van der Waals surface area contributed by atoms with Gasteiger partial charge in [0, 0.05) is 28.3 Å². The Kier molecular flexibility index (Phi) is 3.82. The summed E-state index contributed by atoms with van der Waals surface area (Å²) in [7, 11) is 0. The van der Waals surface area contributed by atoms with Crippen molar-refractivity contribution < 1.29 is 10.2 Å². The first-order valence-corrected chi connectivity index (χ1v) is 9.38. The molecule has 0 saturated carbocycles. The summed E-state index contributed by atoms with van der Waals surface area (Å²) >= 11 is 1.95. The molecule has 2 heterocycles. The van der Waals surface area contributed by atoms with E-state index in [2.05, 4.69) is 18.3 Å². The van der Waals surface area contributed by atoms with Gasteiger partial charge in [-0.2, -0.15) is 0 Å². The summed E-state index contributed by atoms with van der Waals surface area (Å²) in [5, 5.41) is 23.5. The van der Waals surface area contributed by atoms with Crippen molar-refractivity contribution in [2.24, 2.45) is 0 Å². The van der Waals surface area contributed by atoms with Crippen molar-refractivity contribution >= 4 is 11.3 Å². The molecule has 4 heteroatoms. The van der Waals surface area contributed by atoms with Crippen LogP contribution in [0.1, 0.15) is 58.5 Å². The Morgan fingerprint density at radius 2 is 2.00 bits per heavy atom. The molecule has 23 heavy (non-hydrogen) atoms. The van der Waals surface area contributed by atoms with Crippen LogP contribution in [0.3, 0.4) is 0 Å². The molecule has 2 atom stereocenters. The molecular formula is C19H23NO2S. The van der Waals surface area contributed by atoms with Gasteiger partial charge in [-0.25, -0.2) is 0 Å². The zero-order valence-corrected chi connectivity index (χ0v) is 14.2. The topological polar surface area (TPSA) is 52.5 Å². The van der Waals surface area contributed by atoms with Gasteiger partial charge in [0.25, 0.3) is 0 Å². The Labute approximate surface area is 141 Å². The van der Waals surface area contributed by atoms with Crippen molar-refractivity contribution in [1.29, 1.82) is 0 Å². The Bertz CT molecular complexity index is 737. The third-order valence-electron chi connectivity index (χ3n) is 5.21. The largest absolute Gasteiger partial charge is 0.504 e. The number of hydrogen-bond acceptors (Lipinski definition) is 4. The molecule has 3 N–H and O–H groups in total. The van der Waals surface area contributed by atoms with Crippen molar-refractivity contribution in [3.63, 3.8) is 0 Å².